The molecule has 172 valence electrons. The lowest BCUT2D eigenvalue weighted by molar-refractivity contribution is -0.119. The van der Waals surface area contributed by atoms with Crippen molar-refractivity contribution in [3.63, 3.8) is 0 Å². The van der Waals surface area contributed by atoms with Crippen LogP contribution in [0.1, 0.15) is 32.8 Å². The lowest BCUT2D eigenvalue weighted by Crippen LogP contribution is -2.47. The zero-order valence-corrected chi connectivity index (χ0v) is 19.5. The molecule has 1 N–H and O–H groups in total. The first-order chi connectivity index (χ1) is 16.7. The molecule has 2 aromatic carbocycles. The number of carbonyl (C=O) groups is 2. The van der Waals surface area contributed by atoms with E-state index in [9.17, 15) is 9.59 Å². The Morgan fingerprint density at radius 2 is 1.88 bits per heavy atom. The molecular weight excluding hydrogens is 448 g/mol. The number of thiophene rings is 1. The van der Waals surface area contributed by atoms with E-state index in [4.69, 9.17) is 9.15 Å². The minimum atomic E-state index is -0.561. The van der Waals surface area contributed by atoms with Gasteiger partial charge in [-0.1, -0.05) is 24.3 Å². The zero-order valence-electron chi connectivity index (χ0n) is 18.6. The third-order valence-corrected chi connectivity index (χ3v) is 6.99. The van der Waals surface area contributed by atoms with Crippen LogP contribution in [0.15, 0.2) is 88.9 Å². The summed E-state index contributed by atoms with van der Waals surface area (Å²) in [6.45, 7) is 0.784. The Hall–Kier alpha value is -3.68. The van der Waals surface area contributed by atoms with Gasteiger partial charge in [0, 0.05) is 35.3 Å². The third-order valence-electron chi connectivity index (χ3n) is 6.05. The number of amides is 2. The van der Waals surface area contributed by atoms with Crippen LogP contribution in [0.25, 0.3) is 11.3 Å². The van der Waals surface area contributed by atoms with E-state index < -0.39 is 12.0 Å². The van der Waals surface area contributed by atoms with Gasteiger partial charge in [0.05, 0.1) is 24.8 Å². The SMILES string of the molecule is COCCN1C(=O)c2ccccc2C(C(=O)Nc2ccc(-c3ccco3)cc2)C1c1cccs1. The minimum Gasteiger partial charge on any atom is -0.464 e. The van der Waals surface area contributed by atoms with Crippen LogP contribution in [0, 0.1) is 0 Å². The van der Waals surface area contributed by atoms with Crippen LogP contribution in [0.3, 0.4) is 0 Å². The quantitative estimate of drug-likeness (QED) is 0.381. The fraction of sp³-hybridized carbons (Fsp3) is 0.185. The molecule has 0 spiro atoms. The highest BCUT2D eigenvalue weighted by molar-refractivity contribution is 7.10. The summed E-state index contributed by atoms with van der Waals surface area (Å²) in [5.41, 5.74) is 2.91. The number of hydrogen-bond donors (Lipinski definition) is 1. The summed E-state index contributed by atoms with van der Waals surface area (Å²) in [6, 6.07) is 22.2. The summed E-state index contributed by atoms with van der Waals surface area (Å²) < 4.78 is 10.7. The maximum absolute atomic E-state index is 13.8. The Bertz CT molecular complexity index is 1270. The maximum atomic E-state index is 13.8. The molecule has 34 heavy (non-hydrogen) atoms. The number of nitrogens with one attached hydrogen (secondary N) is 1. The van der Waals surface area contributed by atoms with Crippen molar-refractivity contribution in [2.75, 3.05) is 25.6 Å². The van der Waals surface area contributed by atoms with E-state index in [0.29, 0.717) is 24.4 Å². The van der Waals surface area contributed by atoms with Gasteiger partial charge in [-0.2, -0.15) is 0 Å². The van der Waals surface area contributed by atoms with Crippen LogP contribution in [0.2, 0.25) is 0 Å². The summed E-state index contributed by atoms with van der Waals surface area (Å²) in [5.74, 6) is -0.0392. The predicted molar refractivity (Wildman–Crippen MR) is 132 cm³/mol. The predicted octanol–water partition coefficient (Wildman–Crippen LogP) is 5.57. The van der Waals surface area contributed by atoms with Gasteiger partial charge in [-0.05, 0) is 59.5 Å². The molecule has 0 radical (unpaired) electrons. The molecule has 0 aliphatic carbocycles. The van der Waals surface area contributed by atoms with E-state index in [1.54, 1.807) is 35.7 Å². The second kappa shape index (κ2) is 9.67. The van der Waals surface area contributed by atoms with Crippen molar-refractivity contribution < 1.29 is 18.7 Å². The summed E-state index contributed by atoms with van der Waals surface area (Å²) in [4.78, 5) is 30.0. The molecule has 0 bridgehead atoms. The second-order valence-electron chi connectivity index (χ2n) is 8.06. The highest BCUT2D eigenvalue weighted by Crippen LogP contribution is 2.44. The molecule has 2 aromatic heterocycles. The van der Waals surface area contributed by atoms with Crippen LogP contribution in [-0.2, 0) is 9.53 Å². The molecule has 3 heterocycles. The number of rotatable bonds is 7. The number of methoxy groups -OCH3 is 1. The molecule has 1 aliphatic heterocycles. The Balaban J connectivity index is 1.50. The van der Waals surface area contributed by atoms with E-state index in [0.717, 1.165) is 21.8 Å². The van der Waals surface area contributed by atoms with Crippen LogP contribution in [0.5, 0.6) is 0 Å². The van der Waals surface area contributed by atoms with Gasteiger partial charge in [-0.3, -0.25) is 9.59 Å². The van der Waals surface area contributed by atoms with Gasteiger partial charge >= 0.3 is 0 Å². The van der Waals surface area contributed by atoms with Crippen molar-refractivity contribution >= 4 is 28.8 Å². The fourth-order valence-corrected chi connectivity index (χ4v) is 5.34. The van der Waals surface area contributed by atoms with Gasteiger partial charge in [0.1, 0.15) is 5.76 Å². The monoisotopic (exact) mass is 472 g/mol. The van der Waals surface area contributed by atoms with Gasteiger partial charge in [-0.25, -0.2) is 0 Å². The number of ether oxygens (including phenoxy) is 1. The van der Waals surface area contributed by atoms with Gasteiger partial charge in [-0.15, -0.1) is 11.3 Å². The van der Waals surface area contributed by atoms with Gasteiger partial charge in [0.25, 0.3) is 5.91 Å². The Morgan fingerprint density at radius 3 is 2.59 bits per heavy atom. The molecule has 0 saturated heterocycles. The number of carbonyl (C=O) groups excluding carboxylic acids is 2. The molecule has 0 saturated carbocycles. The number of hydrogen-bond acceptors (Lipinski definition) is 5. The molecule has 2 unspecified atom stereocenters. The molecular formula is C27H24N2O4S. The second-order valence-corrected chi connectivity index (χ2v) is 9.04. The van der Waals surface area contributed by atoms with E-state index in [1.165, 1.54) is 0 Å². The van der Waals surface area contributed by atoms with Crippen LogP contribution in [0.4, 0.5) is 5.69 Å². The number of benzene rings is 2. The normalized spacial score (nSPS) is 17.4. The van der Waals surface area contributed by atoms with Crippen molar-refractivity contribution in [1.82, 2.24) is 4.90 Å². The number of nitrogens with zero attached hydrogens (tertiary/aromatic N) is 1. The Kier molecular flexibility index (Phi) is 6.29. The minimum absolute atomic E-state index is 0.0853. The summed E-state index contributed by atoms with van der Waals surface area (Å²) in [5, 5.41) is 5.04. The van der Waals surface area contributed by atoms with E-state index >= 15 is 0 Å². The van der Waals surface area contributed by atoms with Gasteiger partial charge in [0.2, 0.25) is 5.91 Å². The molecule has 5 rings (SSSR count). The molecule has 2 atom stereocenters. The summed E-state index contributed by atoms with van der Waals surface area (Å²) in [7, 11) is 1.61. The average molecular weight is 473 g/mol. The van der Waals surface area contributed by atoms with E-state index in [2.05, 4.69) is 5.32 Å². The van der Waals surface area contributed by atoms with Crippen LogP contribution >= 0.6 is 11.3 Å². The molecule has 2 amide bonds. The molecule has 0 fully saturated rings. The van der Waals surface area contributed by atoms with Crippen LogP contribution < -0.4 is 5.32 Å². The first-order valence-corrected chi connectivity index (χ1v) is 11.9. The first-order valence-electron chi connectivity index (χ1n) is 11.0. The first kappa shape index (κ1) is 22.1. The highest BCUT2D eigenvalue weighted by atomic mass is 32.1. The zero-order chi connectivity index (χ0) is 23.5. The molecule has 1 aliphatic rings. The molecule has 6 nitrogen and oxygen atoms in total. The van der Waals surface area contributed by atoms with Crippen molar-refractivity contribution in [2.45, 2.75) is 12.0 Å². The van der Waals surface area contributed by atoms with Gasteiger partial charge < -0.3 is 19.4 Å². The van der Waals surface area contributed by atoms with Crippen molar-refractivity contribution in [3.05, 3.63) is 100 Å². The lowest BCUT2D eigenvalue weighted by atomic mass is 9.81. The number of fused-ring (bicyclic) bond motifs is 1. The van der Waals surface area contributed by atoms with Crippen LogP contribution in [-0.4, -0.2) is 37.0 Å². The van der Waals surface area contributed by atoms with Crippen molar-refractivity contribution in [2.24, 2.45) is 0 Å². The summed E-state index contributed by atoms with van der Waals surface area (Å²) >= 11 is 1.55. The number of anilines is 1. The van der Waals surface area contributed by atoms with Crippen molar-refractivity contribution in [1.29, 1.82) is 0 Å². The standard InChI is InChI=1S/C27H24N2O4S/c1-32-16-14-29-25(23-9-5-17-34-23)24(20-6-2-3-7-21(20)27(29)31)26(30)28-19-12-10-18(11-13-19)22-8-4-15-33-22/h2-13,15,17,24-25H,14,16H2,1H3,(H,28,30). The summed E-state index contributed by atoms with van der Waals surface area (Å²) in [6.07, 6.45) is 1.63. The fourth-order valence-electron chi connectivity index (χ4n) is 4.47. The van der Waals surface area contributed by atoms with E-state index in [1.807, 2.05) is 72.1 Å². The smallest absolute Gasteiger partial charge is 0.254 e. The van der Waals surface area contributed by atoms with Gasteiger partial charge in [0.15, 0.2) is 0 Å². The highest BCUT2D eigenvalue weighted by Gasteiger charge is 2.44. The maximum Gasteiger partial charge on any atom is 0.254 e. The van der Waals surface area contributed by atoms with Crippen molar-refractivity contribution in [3.8, 4) is 11.3 Å². The van der Waals surface area contributed by atoms with E-state index in [-0.39, 0.29) is 11.8 Å². The third kappa shape index (κ3) is 4.16. The number of furan rings is 1. The average Bonchev–Trinajstić information content (AvgIpc) is 3.58. The largest absolute Gasteiger partial charge is 0.464 e. The topological polar surface area (TPSA) is 71.8 Å². The Labute approximate surface area is 201 Å². The Morgan fingerprint density at radius 1 is 1.06 bits per heavy atom. The molecule has 7 heteroatoms. The lowest BCUT2D eigenvalue weighted by Gasteiger charge is -2.41. The molecule has 4 aromatic rings.